The van der Waals surface area contributed by atoms with Crippen molar-refractivity contribution in [2.24, 2.45) is 5.10 Å². The molecule has 1 heterocycles. The summed E-state index contributed by atoms with van der Waals surface area (Å²) >= 11 is 0. The Hall–Kier alpha value is -1.97. The van der Waals surface area contributed by atoms with Gasteiger partial charge in [0.05, 0.1) is 6.21 Å². The van der Waals surface area contributed by atoms with Crippen molar-refractivity contribution in [3.05, 3.63) is 42.6 Å². The van der Waals surface area contributed by atoms with Crippen molar-refractivity contribution in [2.45, 2.75) is 0 Å². The van der Waals surface area contributed by atoms with Gasteiger partial charge in [0.1, 0.15) is 0 Å². The predicted octanol–water partition coefficient (Wildman–Crippen LogP) is 1.30. The van der Waals surface area contributed by atoms with E-state index in [-0.39, 0.29) is 0 Å². The minimum atomic E-state index is 0.738. The zero-order chi connectivity index (χ0) is 8.93. The standard InChI is InChI=1S/C9H9N3O/c1-2-5-9(6-3-1)13-12-10-7-4-8-11-12/h1-8,10H. The van der Waals surface area contributed by atoms with Crippen LogP contribution in [0, 0.1) is 0 Å². The second-order valence-electron chi connectivity index (χ2n) is 2.43. The van der Waals surface area contributed by atoms with Gasteiger partial charge >= 0.3 is 0 Å². The monoisotopic (exact) mass is 175 g/mol. The summed E-state index contributed by atoms with van der Waals surface area (Å²) in [6.07, 6.45) is 5.15. The number of nitrogens with zero attached hydrogens (tertiary/aromatic N) is 2. The summed E-state index contributed by atoms with van der Waals surface area (Å²) in [5.41, 5.74) is 2.80. The molecular formula is C9H9N3O. The first-order valence-electron chi connectivity index (χ1n) is 3.93. The predicted molar refractivity (Wildman–Crippen MR) is 49.7 cm³/mol. The fourth-order valence-corrected chi connectivity index (χ4v) is 0.913. The van der Waals surface area contributed by atoms with E-state index in [0.29, 0.717) is 0 Å². The van der Waals surface area contributed by atoms with Crippen molar-refractivity contribution < 1.29 is 4.84 Å². The number of benzene rings is 1. The molecule has 0 aromatic heterocycles. The highest BCUT2D eigenvalue weighted by Crippen LogP contribution is 2.09. The third-order valence-corrected chi connectivity index (χ3v) is 1.47. The summed E-state index contributed by atoms with van der Waals surface area (Å²) in [4.78, 5) is 5.33. The van der Waals surface area contributed by atoms with Crippen LogP contribution in [0.1, 0.15) is 0 Å². The number of para-hydroxylation sites is 1. The molecule has 0 spiro atoms. The van der Waals surface area contributed by atoms with Gasteiger partial charge in [-0.1, -0.05) is 18.2 Å². The Morgan fingerprint density at radius 3 is 2.77 bits per heavy atom. The lowest BCUT2D eigenvalue weighted by atomic mass is 10.3. The Labute approximate surface area is 76.0 Å². The molecule has 1 aliphatic rings. The molecule has 4 nitrogen and oxygen atoms in total. The van der Waals surface area contributed by atoms with Gasteiger partial charge in [0, 0.05) is 6.20 Å². The molecule has 1 aliphatic heterocycles. The maximum Gasteiger partial charge on any atom is 0.159 e. The summed E-state index contributed by atoms with van der Waals surface area (Å²) in [5, 5.41) is 5.20. The van der Waals surface area contributed by atoms with Crippen LogP contribution in [-0.2, 0) is 0 Å². The largest absolute Gasteiger partial charge is 0.343 e. The average molecular weight is 175 g/mol. The molecule has 0 aliphatic carbocycles. The van der Waals surface area contributed by atoms with Gasteiger partial charge in [0.15, 0.2) is 5.75 Å². The zero-order valence-corrected chi connectivity index (χ0v) is 6.92. The van der Waals surface area contributed by atoms with Crippen LogP contribution in [0.2, 0.25) is 0 Å². The highest BCUT2D eigenvalue weighted by atomic mass is 16.7. The lowest BCUT2D eigenvalue weighted by Gasteiger charge is -2.18. The van der Waals surface area contributed by atoms with Gasteiger partial charge < -0.3 is 4.84 Å². The maximum absolute atomic E-state index is 5.33. The van der Waals surface area contributed by atoms with Crippen molar-refractivity contribution in [2.75, 3.05) is 0 Å². The van der Waals surface area contributed by atoms with E-state index in [1.165, 1.54) is 5.28 Å². The van der Waals surface area contributed by atoms with Crippen LogP contribution < -0.4 is 10.3 Å². The van der Waals surface area contributed by atoms with E-state index in [1.54, 1.807) is 18.5 Å². The van der Waals surface area contributed by atoms with Gasteiger partial charge in [0.2, 0.25) is 0 Å². The number of allylic oxidation sites excluding steroid dienone is 1. The second kappa shape index (κ2) is 3.62. The molecule has 13 heavy (non-hydrogen) atoms. The zero-order valence-electron chi connectivity index (χ0n) is 6.92. The second-order valence-corrected chi connectivity index (χ2v) is 2.43. The van der Waals surface area contributed by atoms with Crippen LogP contribution in [0.25, 0.3) is 0 Å². The average Bonchev–Trinajstić information content (AvgIpc) is 2.21. The summed E-state index contributed by atoms with van der Waals surface area (Å²) < 4.78 is 0. The van der Waals surface area contributed by atoms with E-state index < -0.39 is 0 Å². The molecule has 0 bridgehead atoms. The molecule has 0 atom stereocenters. The van der Waals surface area contributed by atoms with E-state index in [1.807, 2.05) is 30.3 Å². The molecule has 0 saturated heterocycles. The van der Waals surface area contributed by atoms with Crippen LogP contribution in [0.3, 0.4) is 0 Å². The molecule has 0 unspecified atom stereocenters. The van der Waals surface area contributed by atoms with Crippen molar-refractivity contribution in [1.29, 1.82) is 0 Å². The fourth-order valence-electron chi connectivity index (χ4n) is 0.913. The van der Waals surface area contributed by atoms with Crippen LogP contribution in [0.5, 0.6) is 5.75 Å². The smallest absolute Gasteiger partial charge is 0.159 e. The molecule has 0 radical (unpaired) electrons. The van der Waals surface area contributed by atoms with Crippen LogP contribution in [0.4, 0.5) is 0 Å². The molecule has 1 aromatic carbocycles. The van der Waals surface area contributed by atoms with Gasteiger partial charge in [-0.2, -0.15) is 0 Å². The third kappa shape index (κ3) is 1.99. The van der Waals surface area contributed by atoms with Gasteiger partial charge in [-0.25, -0.2) is 0 Å². The van der Waals surface area contributed by atoms with Crippen molar-refractivity contribution >= 4 is 6.21 Å². The molecule has 1 N–H and O–H groups in total. The molecular weight excluding hydrogens is 166 g/mol. The Morgan fingerprint density at radius 2 is 2.08 bits per heavy atom. The molecule has 0 amide bonds. The number of nitrogens with one attached hydrogen (secondary N) is 1. The Bertz CT molecular complexity index is 321. The molecule has 4 heteroatoms. The molecule has 0 saturated carbocycles. The minimum Gasteiger partial charge on any atom is -0.343 e. The summed E-state index contributed by atoms with van der Waals surface area (Å²) in [7, 11) is 0. The van der Waals surface area contributed by atoms with E-state index in [2.05, 4.69) is 10.5 Å². The van der Waals surface area contributed by atoms with Crippen molar-refractivity contribution in [3.8, 4) is 5.75 Å². The first-order valence-corrected chi connectivity index (χ1v) is 3.93. The van der Waals surface area contributed by atoms with E-state index in [9.17, 15) is 0 Å². The van der Waals surface area contributed by atoms with E-state index >= 15 is 0 Å². The molecule has 66 valence electrons. The number of hydrazine groups is 1. The SMILES string of the molecule is C1=CNN(Oc2ccccc2)N=C1. The number of hydrazone groups is 1. The van der Waals surface area contributed by atoms with E-state index in [0.717, 1.165) is 5.75 Å². The topological polar surface area (TPSA) is 36.9 Å². The highest BCUT2D eigenvalue weighted by molar-refractivity contribution is 5.70. The summed E-state index contributed by atoms with van der Waals surface area (Å²) in [6, 6.07) is 9.45. The summed E-state index contributed by atoms with van der Waals surface area (Å²) in [6.45, 7) is 0. The molecule has 1 aromatic rings. The Balaban J connectivity index is 1.99. The highest BCUT2D eigenvalue weighted by Gasteiger charge is 2.00. The van der Waals surface area contributed by atoms with Gasteiger partial charge in [-0.3, -0.25) is 5.43 Å². The molecule has 0 fully saturated rings. The lowest BCUT2D eigenvalue weighted by molar-refractivity contribution is -0.0917. The van der Waals surface area contributed by atoms with Crippen molar-refractivity contribution in [3.63, 3.8) is 0 Å². The maximum atomic E-state index is 5.33. The molecule has 2 rings (SSSR count). The van der Waals surface area contributed by atoms with Crippen LogP contribution in [-0.4, -0.2) is 11.5 Å². The fraction of sp³-hybridized carbons (Fsp3) is 0. The number of rotatable bonds is 2. The first-order chi connectivity index (χ1) is 6.45. The number of hydrogen-bond donors (Lipinski definition) is 1. The summed E-state index contributed by atoms with van der Waals surface area (Å²) in [5.74, 6) is 0.738. The van der Waals surface area contributed by atoms with Gasteiger partial charge in [0.25, 0.3) is 0 Å². The quantitative estimate of drug-likeness (QED) is 0.736. The lowest BCUT2D eigenvalue weighted by Crippen LogP contribution is -2.34. The Morgan fingerprint density at radius 1 is 1.23 bits per heavy atom. The normalized spacial score (nSPS) is 14.0. The first kappa shape index (κ1) is 7.67. The van der Waals surface area contributed by atoms with E-state index in [4.69, 9.17) is 4.84 Å². The minimum absolute atomic E-state index is 0.738. The number of hydrogen-bond acceptors (Lipinski definition) is 4. The third-order valence-electron chi connectivity index (χ3n) is 1.47. The van der Waals surface area contributed by atoms with Crippen molar-refractivity contribution in [1.82, 2.24) is 10.7 Å². The van der Waals surface area contributed by atoms with Gasteiger partial charge in [-0.15, -0.1) is 5.10 Å². The van der Waals surface area contributed by atoms with Crippen LogP contribution >= 0.6 is 0 Å². The van der Waals surface area contributed by atoms with Crippen LogP contribution in [0.15, 0.2) is 47.7 Å². The Kier molecular flexibility index (Phi) is 2.14. The van der Waals surface area contributed by atoms with Gasteiger partial charge in [-0.05, 0) is 23.5 Å².